The van der Waals surface area contributed by atoms with Crippen molar-refractivity contribution in [1.82, 2.24) is 10.2 Å². The molecular formula is C19H28ClN3O5S. The summed E-state index contributed by atoms with van der Waals surface area (Å²) < 4.78 is 24.2. The van der Waals surface area contributed by atoms with Crippen molar-refractivity contribution >= 4 is 33.3 Å². The highest BCUT2D eigenvalue weighted by atomic mass is 35.5. The van der Waals surface area contributed by atoms with Crippen LogP contribution in [0.4, 0.5) is 0 Å². The van der Waals surface area contributed by atoms with Gasteiger partial charge < -0.3 is 21.1 Å². The van der Waals surface area contributed by atoms with Gasteiger partial charge in [0.2, 0.25) is 5.91 Å². The van der Waals surface area contributed by atoms with Gasteiger partial charge in [0.05, 0.1) is 11.5 Å². The van der Waals surface area contributed by atoms with Gasteiger partial charge in [-0.1, -0.05) is 38.4 Å². The fraction of sp³-hybridized carbons (Fsp3) is 0.579. The average Bonchev–Trinajstić information content (AvgIpc) is 2.63. The smallest absolute Gasteiger partial charge is 0.252 e. The first-order chi connectivity index (χ1) is 13.4. The molecule has 0 radical (unpaired) electrons. The molecule has 1 aliphatic heterocycles. The first-order valence-corrected chi connectivity index (χ1v) is 11.5. The number of hydrogen-bond acceptors (Lipinski definition) is 6. The minimum atomic E-state index is -3.48. The fourth-order valence-electron chi connectivity index (χ4n) is 3.07. The number of aliphatic hydroxyl groups excluding tert-OH is 1. The highest BCUT2D eigenvalue weighted by molar-refractivity contribution is 7.91. The second-order valence-electron chi connectivity index (χ2n) is 8.27. The van der Waals surface area contributed by atoms with Crippen LogP contribution in [-0.4, -0.2) is 60.4 Å². The van der Waals surface area contributed by atoms with E-state index in [2.05, 4.69) is 5.32 Å². The Balaban J connectivity index is 2.21. The number of hydrogen-bond donors (Lipinski definition) is 3. The summed E-state index contributed by atoms with van der Waals surface area (Å²) in [6, 6.07) is 3.91. The van der Waals surface area contributed by atoms with E-state index in [1.165, 1.54) is 0 Å². The third-order valence-electron chi connectivity index (χ3n) is 4.91. The predicted octanol–water partition coefficient (Wildman–Crippen LogP) is 0.448. The van der Waals surface area contributed by atoms with Crippen molar-refractivity contribution in [2.45, 2.75) is 46.0 Å². The van der Waals surface area contributed by atoms with Gasteiger partial charge in [0, 0.05) is 24.7 Å². The maximum atomic E-state index is 12.8. The highest BCUT2D eigenvalue weighted by Crippen LogP contribution is 2.24. The fourth-order valence-corrected chi connectivity index (χ4v) is 4.72. The number of nitrogens with one attached hydrogen (secondary N) is 1. The summed E-state index contributed by atoms with van der Waals surface area (Å²) in [6.45, 7) is 5.28. The largest absolute Gasteiger partial charge is 0.383 e. The van der Waals surface area contributed by atoms with Gasteiger partial charge in [0.25, 0.3) is 5.91 Å². The van der Waals surface area contributed by atoms with Crippen LogP contribution in [0.5, 0.6) is 0 Å². The van der Waals surface area contributed by atoms with Crippen molar-refractivity contribution < 1.29 is 23.1 Å². The molecule has 0 spiro atoms. The van der Waals surface area contributed by atoms with Gasteiger partial charge in [0.15, 0.2) is 9.84 Å². The maximum absolute atomic E-state index is 12.8. The topological polar surface area (TPSA) is 130 Å². The second-order valence-corrected chi connectivity index (χ2v) is 10.9. The number of benzene rings is 1. The standard InChI is InChI=1S/C19H28ClN3O5S/c1-19(2,3)16(24)18(26)23-6-7-29(27,28)11-15(23)17(25)22-10-13-8-14(20)5-4-12(13)9-21/h4-5,8,15-16,24H,6-7,9-11,21H2,1-3H3,(H,22,25)/t15-,16-/m0/s1. The molecule has 10 heteroatoms. The molecule has 1 aromatic rings. The Hall–Kier alpha value is -1.68. The van der Waals surface area contributed by atoms with Gasteiger partial charge in [-0.15, -0.1) is 0 Å². The monoisotopic (exact) mass is 445 g/mol. The van der Waals surface area contributed by atoms with Crippen LogP contribution in [0.3, 0.4) is 0 Å². The van der Waals surface area contributed by atoms with Gasteiger partial charge in [0.1, 0.15) is 12.1 Å². The van der Waals surface area contributed by atoms with E-state index in [1.54, 1.807) is 39.0 Å². The van der Waals surface area contributed by atoms with E-state index in [9.17, 15) is 23.1 Å². The molecule has 1 fully saturated rings. The van der Waals surface area contributed by atoms with Crippen molar-refractivity contribution in [3.8, 4) is 0 Å². The van der Waals surface area contributed by atoms with Crippen molar-refractivity contribution in [2.75, 3.05) is 18.1 Å². The van der Waals surface area contributed by atoms with Crippen LogP contribution >= 0.6 is 11.6 Å². The van der Waals surface area contributed by atoms with Gasteiger partial charge >= 0.3 is 0 Å². The molecule has 0 aromatic heterocycles. The van der Waals surface area contributed by atoms with Gasteiger partial charge in [-0.3, -0.25) is 9.59 Å². The molecule has 2 amide bonds. The van der Waals surface area contributed by atoms with E-state index in [-0.39, 0.29) is 25.4 Å². The molecule has 1 aliphatic rings. The molecule has 1 aromatic carbocycles. The van der Waals surface area contributed by atoms with Crippen LogP contribution in [-0.2, 0) is 32.5 Å². The molecule has 0 unspecified atom stereocenters. The Morgan fingerprint density at radius 2 is 2.00 bits per heavy atom. The molecule has 29 heavy (non-hydrogen) atoms. The van der Waals surface area contributed by atoms with Crippen LogP contribution in [0, 0.1) is 5.41 Å². The predicted molar refractivity (Wildman–Crippen MR) is 111 cm³/mol. The van der Waals surface area contributed by atoms with Crippen LogP contribution < -0.4 is 11.1 Å². The van der Waals surface area contributed by atoms with Crippen LogP contribution in [0.2, 0.25) is 5.02 Å². The zero-order valence-corrected chi connectivity index (χ0v) is 18.4. The Morgan fingerprint density at radius 1 is 1.34 bits per heavy atom. The van der Waals surface area contributed by atoms with E-state index < -0.39 is 45.0 Å². The van der Waals surface area contributed by atoms with E-state index in [4.69, 9.17) is 17.3 Å². The molecule has 0 aliphatic carbocycles. The Bertz CT molecular complexity index is 882. The van der Waals surface area contributed by atoms with E-state index in [0.29, 0.717) is 10.6 Å². The summed E-state index contributed by atoms with van der Waals surface area (Å²) in [7, 11) is -3.48. The molecule has 2 rings (SSSR count). The molecule has 1 saturated heterocycles. The lowest BCUT2D eigenvalue weighted by molar-refractivity contribution is -0.151. The lowest BCUT2D eigenvalue weighted by Crippen LogP contribution is -2.60. The Morgan fingerprint density at radius 3 is 2.59 bits per heavy atom. The summed E-state index contributed by atoms with van der Waals surface area (Å²) in [5.74, 6) is -1.99. The summed E-state index contributed by atoms with van der Waals surface area (Å²) in [5, 5.41) is 13.5. The zero-order chi connectivity index (χ0) is 22.0. The number of halogens is 1. The minimum absolute atomic E-state index is 0.0896. The average molecular weight is 446 g/mol. The van der Waals surface area contributed by atoms with Crippen LogP contribution in [0.25, 0.3) is 0 Å². The number of rotatable bonds is 5. The maximum Gasteiger partial charge on any atom is 0.252 e. The summed E-state index contributed by atoms with van der Waals surface area (Å²) in [6.07, 6.45) is -1.35. The lowest BCUT2D eigenvalue weighted by Gasteiger charge is -2.38. The van der Waals surface area contributed by atoms with Gasteiger partial charge in [-0.2, -0.15) is 0 Å². The second kappa shape index (κ2) is 8.99. The number of carbonyl (C=O) groups excluding carboxylic acids is 2. The molecule has 1 heterocycles. The minimum Gasteiger partial charge on any atom is -0.383 e. The van der Waals surface area contributed by atoms with Crippen molar-refractivity contribution in [1.29, 1.82) is 0 Å². The first-order valence-electron chi connectivity index (χ1n) is 9.30. The molecule has 162 valence electrons. The Labute approximate surface area is 176 Å². The Kier molecular flexibility index (Phi) is 7.32. The van der Waals surface area contributed by atoms with E-state index in [0.717, 1.165) is 10.5 Å². The third kappa shape index (κ3) is 5.91. The quantitative estimate of drug-likeness (QED) is 0.603. The van der Waals surface area contributed by atoms with E-state index >= 15 is 0 Å². The van der Waals surface area contributed by atoms with Crippen molar-refractivity contribution in [3.05, 3.63) is 34.3 Å². The summed E-state index contributed by atoms with van der Waals surface area (Å²) in [4.78, 5) is 26.7. The molecule has 0 saturated carbocycles. The highest BCUT2D eigenvalue weighted by Gasteiger charge is 2.42. The number of nitrogens with two attached hydrogens (primary N) is 1. The molecule has 0 bridgehead atoms. The number of aliphatic hydroxyl groups is 1. The zero-order valence-electron chi connectivity index (χ0n) is 16.8. The summed E-state index contributed by atoms with van der Waals surface area (Å²) >= 11 is 6.00. The van der Waals surface area contributed by atoms with E-state index in [1.807, 2.05) is 0 Å². The van der Waals surface area contributed by atoms with Gasteiger partial charge in [-0.05, 0) is 28.7 Å². The SMILES string of the molecule is CC(C)(C)[C@@H](O)C(=O)N1CCS(=O)(=O)C[C@H]1C(=O)NCc1cc(Cl)ccc1CN. The molecular weight excluding hydrogens is 418 g/mol. The molecule has 4 N–H and O–H groups in total. The van der Waals surface area contributed by atoms with Crippen LogP contribution in [0.1, 0.15) is 31.9 Å². The van der Waals surface area contributed by atoms with Crippen molar-refractivity contribution in [2.24, 2.45) is 11.1 Å². The summed E-state index contributed by atoms with van der Waals surface area (Å²) in [5.41, 5.74) is 6.46. The molecule has 2 atom stereocenters. The molecule has 8 nitrogen and oxygen atoms in total. The van der Waals surface area contributed by atoms with Gasteiger partial charge in [-0.25, -0.2) is 8.42 Å². The normalized spacial score (nSPS) is 20.2. The number of nitrogens with zero attached hydrogens (tertiary/aromatic N) is 1. The number of sulfone groups is 1. The van der Waals surface area contributed by atoms with Crippen LogP contribution in [0.15, 0.2) is 18.2 Å². The first kappa shape index (κ1) is 23.6. The number of amides is 2. The van der Waals surface area contributed by atoms with Crippen molar-refractivity contribution in [3.63, 3.8) is 0 Å². The third-order valence-corrected chi connectivity index (χ3v) is 6.78. The number of carbonyl (C=O) groups is 2. The lowest BCUT2D eigenvalue weighted by atomic mass is 9.88.